The third kappa shape index (κ3) is 3.46. The quantitative estimate of drug-likeness (QED) is 0.927. The zero-order valence-electron chi connectivity index (χ0n) is 13.9. The first kappa shape index (κ1) is 16.0. The average molecular weight is 292 g/mol. The number of piperidine rings is 1. The number of likely N-dealkylation sites (tertiary alicyclic amines) is 1. The van der Waals surface area contributed by atoms with E-state index in [0.29, 0.717) is 6.42 Å². The third-order valence-electron chi connectivity index (χ3n) is 4.60. The van der Waals surface area contributed by atoms with E-state index in [2.05, 4.69) is 25.9 Å². The number of amides is 1. The van der Waals surface area contributed by atoms with Gasteiger partial charge in [-0.15, -0.1) is 0 Å². The van der Waals surface area contributed by atoms with Gasteiger partial charge in [-0.3, -0.25) is 9.48 Å². The van der Waals surface area contributed by atoms with Gasteiger partial charge in [0.15, 0.2) is 0 Å². The van der Waals surface area contributed by atoms with Gasteiger partial charge in [0, 0.05) is 31.2 Å². The standard InChI is InChI=1S/C16H28N4O/c1-11-8-12(2)20(18-11)13(3)9-15(21)19-7-6-14(17)16(4,5)10-19/h8,13-14H,6-7,9-10,17H2,1-5H3. The molecule has 0 aromatic carbocycles. The summed E-state index contributed by atoms with van der Waals surface area (Å²) in [5.74, 6) is 0.204. The Bertz CT molecular complexity index is 520. The molecule has 5 heteroatoms. The van der Waals surface area contributed by atoms with Crippen LogP contribution in [0.2, 0.25) is 0 Å². The Morgan fingerprint density at radius 3 is 2.71 bits per heavy atom. The van der Waals surface area contributed by atoms with Crippen LogP contribution in [0, 0.1) is 19.3 Å². The van der Waals surface area contributed by atoms with E-state index in [1.807, 2.05) is 29.5 Å². The van der Waals surface area contributed by atoms with Crippen molar-refractivity contribution in [3.63, 3.8) is 0 Å². The van der Waals surface area contributed by atoms with Crippen LogP contribution < -0.4 is 5.73 Å². The van der Waals surface area contributed by atoms with Crippen molar-refractivity contribution in [1.82, 2.24) is 14.7 Å². The molecule has 2 rings (SSSR count). The van der Waals surface area contributed by atoms with Crippen LogP contribution in [0.5, 0.6) is 0 Å². The first-order chi connectivity index (χ1) is 9.70. The van der Waals surface area contributed by atoms with Crippen LogP contribution in [0.3, 0.4) is 0 Å². The van der Waals surface area contributed by atoms with Crippen LogP contribution in [0.1, 0.15) is 51.0 Å². The summed E-state index contributed by atoms with van der Waals surface area (Å²) in [5, 5.41) is 4.47. The van der Waals surface area contributed by atoms with Gasteiger partial charge in [-0.05, 0) is 38.7 Å². The lowest BCUT2D eigenvalue weighted by Crippen LogP contribution is -2.54. The fraction of sp³-hybridized carbons (Fsp3) is 0.750. The highest BCUT2D eigenvalue weighted by Gasteiger charge is 2.35. The molecule has 1 saturated heterocycles. The van der Waals surface area contributed by atoms with E-state index in [1.165, 1.54) is 0 Å². The predicted molar refractivity (Wildman–Crippen MR) is 84.0 cm³/mol. The number of hydrogen-bond donors (Lipinski definition) is 1. The van der Waals surface area contributed by atoms with E-state index in [4.69, 9.17) is 5.73 Å². The van der Waals surface area contributed by atoms with Crippen LogP contribution in [0.4, 0.5) is 0 Å². The molecule has 0 aliphatic carbocycles. The highest BCUT2D eigenvalue weighted by atomic mass is 16.2. The van der Waals surface area contributed by atoms with Crippen LogP contribution >= 0.6 is 0 Å². The molecule has 0 bridgehead atoms. The molecule has 0 radical (unpaired) electrons. The zero-order chi connectivity index (χ0) is 15.8. The van der Waals surface area contributed by atoms with Crippen molar-refractivity contribution in [2.24, 2.45) is 11.1 Å². The summed E-state index contributed by atoms with van der Waals surface area (Å²) in [4.78, 5) is 14.5. The fourth-order valence-corrected chi connectivity index (χ4v) is 3.15. The van der Waals surface area contributed by atoms with Gasteiger partial charge in [0.05, 0.1) is 11.7 Å². The normalized spacial score (nSPS) is 23.1. The summed E-state index contributed by atoms with van der Waals surface area (Å²) in [5.41, 5.74) is 8.24. The maximum atomic E-state index is 12.5. The molecular weight excluding hydrogens is 264 g/mol. The summed E-state index contributed by atoms with van der Waals surface area (Å²) >= 11 is 0. The molecule has 21 heavy (non-hydrogen) atoms. The number of hydrogen-bond acceptors (Lipinski definition) is 3. The number of aryl methyl sites for hydroxylation is 2. The first-order valence-corrected chi connectivity index (χ1v) is 7.77. The molecule has 2 atom stereocenters. The van der Waals surface area contributed by atoms with E-state index in [9.17, 15) is 4.79 Å². The second-order valence-corrected chi connectivity index (χ2v) is 7.12. The van der Waals surface area contributed by atoms with E-state index in [1.54, 1.807) is 0 Å². The minimum Gasteiger partial charge on any atom is -0.342 e. The molecule has 2 unspecified atom stereocenters. The molecule has 0 saturated carbocycles. The molecule has 2 heterocycles. The minimum atomic E-state index is -0.00461. The molecule has 2 N–H and O–H groups in total. The molecular formula is C16H28N4O. The van der Waals surface area contributed by atoms with E-state index in [-0.39, 0.29) is 23.4 Å². The molecule has 1 aromatic rings. The SMILES string of the molecule is Cc1cc(C)n(C(C)CC(=O)N2CCC(N)C(C)(C)C2)n1. The molecule has 118 valence electrons. The Balaban J connectivity index is 2.00. The summed E-state index contributed by atoms with van der Waals surface area (Å²) in [7, 11) is 0. The third-order valence-corrected chi connectivity index (χ3v) is 4.60. The van der Waals surface area contributed by atoms with Crippen molar-refractivity contribution in [3.8, 4) is 0 Å². The maximum absolute atomic E-state index is 12.5. The smallest absolute Gasteiger partial charge is 0.224 e. The summed E-state index contributed by atoms with van der Waals surface area (Å²) < 4.78 is 1.95. The lowest BCUT2D eigenvalue weighted by atomic mass is 9.79. The molecule has 0 spiro atoms. The molecule has 1 amide bonds. The second kappa shape index (κ2) is 5.79. The average Bonchev–Trinajstić information content (AvgIpc) is 2.71. The Labute approximate surface area is 127 Å². The van der Waals surface area contributed by atoms with Crippen LogP contribution in [-0.2, 0) is 4.79 Å². The van der Waals surface area contributed by atoms with Crippen molar-refractivity contribution >= 4 is 5.91 Å². The van der Waals surface area contributed by atoms with Gasteiger partial charge < -0.3 is 10.6 Å². The van der Waals surface area contributed by atoms with Gasteiger partial charge in [-0.25, -0.2) is 0 Å². The number of nitrogens with two attached hydrogens (primary N) is 1. The second-order valence-electron chi connectivity index (χ2n) is 7.12. The minimum absolute atomic E-state index is 0.00461. The van der Waals surface area contributed by atoms with E-state index in [0.717, 1.165) is 30.9 Å². The van der Waals surface area contributed by atoms with Gasteiger partial charge in [-0.1, -0.05) is 13.8 Å². The van der Waals surface area contributed by atoms with Gasteiger partial charge in [-0.2, -0.15) is 5.10 Å². The van der Waals surface area contributed by atoms with Crippen molar-refractivity contribution in [1.29, 1.82) is 0 Å². The number of carbonyl (C=O) groups is 1. The molecule has 5 nitrogen and oxygen atoms in total. The lowest BCUT2D eigenvalue weighted by Gasteiger charge is -2.42. The molecule has 1 aromatic heterocycles. The number of aromatic nitrogens is 2. The molecule has 1 aliphatic rings. The summed E-state index contributed by atoms with van der Waals surface area (Å²) in [6.07, 6.45) is 1.38. The van der Waals surface area contributed by atoms with Crippen molar-refractivity contribution in [3.05, 3.63) is 17.5 Å². The first-order valence-electron chi connectivity index (χ1n) is 7.77. The van der Waals surface area contributed by atoms with Gasteiger partial charge in [0.1, 0.15) is 0 Å². The van der Waals surface area contributed by atoms with Gasteiger partial charge >= 0.3 is 0 Å². The number of carbonyl (C=O) groups excluding carboxylic acids is 1. The highest BCUT2D eigenvalue weighted by molar-refractivity contribution is 5.76. The van der Waals surface area contributed by atoms with E-state index < -0.39 is 0 Å². The Hall–Kier alpha value is -1.36. The fourth-order valence-electron chi connectivity index (χ4n) is 3.15. The monoisotopic (exact) mass is 292 g/mol. The molecule has 1 aliphatic heterocycles. The van der Waals surface area contributed by atoms with Crippen LogP contribution in [-0.4, -0.2) is 39.7 Å². The van der Waals surface area contributed by atoms with Crippen LogP contribution in [0.25, 0.3) is 0 Å². The predicted octanol–water partition coefficient (Wildman–Crippen LogP) is 2.04. The van der Waals surface area contributed by atoms with E-state index >= 15 is 0 Å². The summed E-state index contributed by atoms with van der Waals surface area (Å²) in [6.45, 7) is 11.9. The zero-order valence-corrected chi connectivity index (χ0v) is 13.9. The van der Waals surface area contributed by atoms with Crippen molar-refractivity contribution < 1.29 is 4.79 Å². The van der Waals surface area contributed by atoms with Crippen molar-refractivity contribution in [2.45, 2.75) is 59.5 Å². The number of rotatable bonds is 3. The summed E-state index contributed by atoms with van der Waals surface area (Å²) in [6, 6.07) is 2.31. The highest BCUT2D eigenvalue weighted by Crippen LogP contribution is 2.28. The van der Waals surface area contributed by atoms with Crippen LogP contribution in [0.15, 0.2) is 6.07 Å². The Kier molecular flexibility index (Phi) is 4.42. The largest absolute Gasteiger partial charge is 0.342 e. The van der Waals surface area contributed by atoms with Crippen molar-refractivity contribution in [2.75, 3.05) is 13.1 Å². The Morgan fingerprint density at radius 1 is 1.52 bits per heavy atom. The maximum Gasteiger partial charge on any atom is 0.224 e. The van der Waals surface area contributed by atoms with Gasteiger partial charge in [0.25, 0.3) is 0 Å². The topological polar surface area (TPSA) is 64.2 Å². The number of nitrogens with zero attached hydrogens (tertiary/aromatic N) is 3. The lowest BCUT2D eigenvalue weighted by molar-refractivity contribution is -0.135. The molecule has 1 fully saturated rings. The van der Waals surface area contributed by atoms with Gasteiger partial charge in [0.2, 0.25) is 5.91 Å². The Morgan fingerprint density at radius 2 is 2.19 bits per heavy atom.